The summed E-state index contributed by atoms with van der Waals surface area (Å²) in [5.74, 6) is -0.216. The molecule has 0 atom stereocenters. The Bertz CT molecular complexity index is 3980. The minimum Gasteiger partial charge on any atom is -0.397 e. The number of hydrogen-bond donors (Lipinski definition) is 3. The number of nitro groups is 3. The largest absolute Gasteiger partial charge is 1.00 e. The third-order valence-corrected chi connectivity index (χ3v) is 47.8. The fourth-order valence-electron chi connectivity index (χ4n) is 11.0. The van der Waals surface area contributed by atoms with Crippen LogP contribution in [-0.4, -0.2) is 86.9 Å². The Morgan fingerprint density at radius 3 is 1.03 bits per heavy atom. The first-order valence-corrected chi connectivity index (χ1v) is 55.7. The van der Waals surface area contributed by atoms with E-state index < -0.39 is 50.4 Å². The van der Waals surface area contributed by atoms with Crippen molar-refractivity contribution in [3.63, 3.8) is 0 Å². The second-order valence-electron chi connectivity index (χ2n) is 25.5. The number of Topliss-reactive ketones (excluding diaryl/α,β-unsaturated/α-hetero) is 2. The van der Waals surface area contributed by atoms with Crippen molar-refractivity contribution in [1.29, 1.82) is 0 Å². The molecule has 9 rings (SSSR count). The summed E-state index contributed by atoms with van der Waals surface area (Å²) in [6, 6.07) is 48.3. The van der Waals surface area contributed by atoms with E-state index >= 15 is 0 Å². The number of nitrogens with zero attached hydrogens (tertiary/aromatic N) is 8. The number of hydrogen-bond acceptors (Lipinski definition) is 16. The van der Waals surface area contributed by atoms with Crippen LogP contribution < -0.4 is 39.8 Å². The number of rotatable bonds is 30. The normalized spacial score (nSPS) is 9.35. The van der Waals surface area contributed by atoms with Gasteiger partial charge in [-0.25, -0.2) is 4.98 Å². The first-order valence-electron chi connectivity index (χ1n) is 36.9. The Morgan fingerprint density at radius 2 is 0.714 bits per heavy atom. The zero-order valence-electron chi connectivity index (χ0n) is 66.2. The van der Waals surface area contributed by atoms with E-state index in [2.05, 4.69) is 125 Å². The number of carbonyl (C=O) groups is 2. The Kier molecular flexibility index (Phi) is 91.9. The zero-order chi connectivity index (χ0) is 79.4. The third kappa shape index (κ3) is 53.5. The maximum Gasteiger partial charge on any atom is 1.00 e. The fraction of sp³-hybridized carbons (Fsp3) is 0.429. The van der Waals surface area contributed by atoms with Crippen LogP contribution in [0, 0.1) is 37.3 Å². The van der Waals surface area contributed by atoms with Gasteiger partial charge in [-0.3, -0.25) is 54.9 Å². The number of benzene rings is 4. The van der Waals surface area contributed by atoms with Crippen molar-refractivity contribution in [3.8, 4) is 33.8 Å². The van der Waals surface area contributed by atoms with Crippen LogP contribution in [0.3, 0.4) is 0 Å². The van der Waals surface area contributed by atoms with Crippen LogP contribution in [0.5, 0.6) is 0 Å². The summed E-state index contributed by atoms with van der Waals surface area (Å²) in [6.07, 6.45) is 27.5. The SMILES string of the molecule is Brc1ccccn1.C.C.C.C.C.C.C.C.CC(=O)Cc1c(-c2ccccn2)cccc1[N+](=O)[O-].CC(=O)Cc1c(Br)cccc1[N+](=O)[O-].CCC[CH2][Sn]([CH2]CCC)([CH2]CCC)[c]1ccccn1.CCC[CH2][Sn]([Cl])([CH2]CCC)[CH2]CCC.Cl.Cl.Cl.Nc1c(-c2ccccn2)cccc1[N+](=O)[O-].Nc1cccc(-c2ccccn2)c1N.[CH2-]CCC.[Li+]. The van der Waals surface area contributed by atoms with Crippen molar-refractivity contribution in [2.45, 2.75) is 251 Å². The van der Waals surface area contributed by atoms with Crippen molar-refractivity contribution in [2.24, 2.45) is 0 Å². The molecule has 5 heterocycles. The van der Waals surface area contributed by atoms with Gasteiger partial charge in [0.05, 0.1) is 48.8 Å². The molecule has 0 saturated heterocycles. The smallest absolute Gasteiger partial charge is 0.397 e. The number of carbonyl (C=O) groups excluding carboxylic acids is 2. The topological polar surface area (TPSA) is 306 Å². The molecule has 5 aromatic heterocycles. The predicted octanol–water partition coefficient (Wildman–Crippen LogP) is 27.0. The average molecular weight is 2070 g/mol. The molecule has 28 heteroatoms. The van der Waals surface area contributed by atoms with Crippen molar-refractivity contribution in [3.05, 3.63) is 252 Å². The fourth-order valence-corrected chi connectivity index (χ4v) is 40.5. The summed E-state index contributed by atoms with van der Waals surface area (Å²) in [7, 11) is 6.89. The van der Waals surface area contributed by atoms with E-state index in [-0.39, 0.29) is 163 Å². The van der Waals surface area contributed by atoms with Gasteiger partial charge in [0.15, 0.2) is 0 Å². The maximum absolute atomic E-state index is 11.3. The minimum absolute atomic E-state index is 0. The van der Waals surface area contributed by atoms with Crippen LogP contribution >= 0.6 is 78.0 Å². The molecule has 4 aromatic carbocycles. The van der Waals surface area contributed by atoms with E-state index in [1.807, 2.05) is 54.7 Å². The Balaban J connectivity index is -0.000000125. The molecule has 0 aliphatic rings. The Hall–Kier alpha value is -6.12. The van der Waals surface area contributed by atoms with Crippen molar-refractivity contribution in [2.75, 3.05) is 17.2 Å². The maximum atomic E-state index is 11.3. The molecule has 0 aliphatic heterocycles. The van der Waals surface area contributed by atoms with Crippen molar-refractivity contribution < 1.29 is 43.2 Å². The number of unbranched alkanes of at least 4 members (excludes halogenated alkanes) is 7. The molecule has 0 bridgehead atoms. The molecule has 0 fully saturated rings. The van der Waals surface area contributed by atoms with Crippen LogP contribution in [0.1, 0.15) is 223 Å². The predicted molar refractivity (Wildman–Crippen MR) is 532 cm³/mol. The second kappa shape index (κ2) is 80.3. The summed E-state index contributed by atoms with van der Waals surface area (Å²) >= 11 is 2.09. The number of anilines is 3. The zero-order valence-corrected chi connectivity index (χ0v) is 78.3. The third-order valence-electron chi connectivity index (χ3n) is 16.9. The number of halogens is 6. The Morgan fingerprint density at radius 1 is 0.403 bits per heavy atom. The molecule has 0 radical (unpaired) electrons. The van der Waals surface area contributed by atoms with Crippen LogP contribution in [0.4, 0.5) is 34.1 Å². The van der Waals surface area contributed by atoms with Gasteiger partial charge in [-0.05, 0) is 90.4 Å². The van der Waals surface area contributed by atoms with Crippen LogP contribution in [0.25, 0.3) is 33.8 Å². The van der Waals surface area contributed by atoms with Crippen LogP contribution in [0.2, 0.25) is 26.6 Å². The number of ketones is 2. The number of nitrogen functional groups attached to an aromatic ring is 3. The number of pyridine rings is 5. The summed E-state index contributed by atoms with van der Waals surface area (Å²) < 4.78 is 11.8. The summed E-state index contributed by atoms with van der Waals surface area (Å²) in [5.41, 5.74) is 23.5. The Labute approximate surface area is 777 Å². The first kappa shape index (κ1) is 136. The quantitative estimate of drug-likeness (QED) is 0.00941. The van der Waals surface area contributed by atoms with E-state index in [0.29, 0.717) is 49.5 Å². The van der Waals surface area contributed by atoms with E-state index in [9.17, 15) is 39.9 Å². The van der Waals surface area contributed by atoms with Gasteiger partial charge in [-0.15, -0.1) is 37.2 Å². The van der Waals surface area contributed by atoms with Crippen molar-refractivity contribution >= 4 is 163 Å². The second-order valence-corrected chi connectivity index (χ2v) is 56.5. The number of nitrogens with two attached hydrogens (primary N) is 3. The molecule has 0 unspecified atom stereocenters. The number of nitro benzene ring substituents is 3. The van der Waals surface area contributed by atoms with E-state index in [0.717, 1.165) is 22.3 Å². The van der Waals surface area contributed by atoms with Gasteiger partial charge >= 0.3 is 242 Å². The summed E-state index contributed by atoms with van der Waals surface area (Å²) in [5, 5.41) is 32.4. The molecule has 0 spiro atoms. The van der Waals surface area contributed by atoms with Gasteiger partial charge in [-0.1, -0.05) is 155 Å². The molecule has 0 aliphatic carbocycles. The average Bonchev–Trinajstić information content (AvgIpc) is 0.827. The standard InChI is InChI=1S/C14H12N2O3.C11H9N3O2.C11H11N3.C9H8BrNO3.C5H4BrN.C5H4N.7C4H9.8CH4.4ClH.Li.2Sn/c1-10(17)9-12-11(13-6-2-3-8-15-13)5-4-7-14(12)16(18)19;12-11-8(9-5-1-2-7-13-9)4-3-6-10(11)14(15)16;12-9-5-3-4-8(11(9)13)10-6-1-2-7-14-10;1-6(12)5-7-8(10)3-2-4-9(7)11(13)14;6-5-3-1-2-4-7-5;1-2-4-6-5-3-1;7*1-3-4-2;;;;;;;;;;;;;;;/h2-8H,9H2,1H3;1-7H,12H2;1-7H,12-13H2;2-4H,5H2,1H3;1-4H;1-4H;7*1,3-4H2,2H3;8*1H4;4*1H;;;/q;;;;;;;;;;;;-1;;;;;;;;;;;;;+1;;+1/p-1. The molecule has 119 heavy (non-hydrogen) atoms. The molecule has 0 amide bonds. The molecule has 9 aromatic rings. The summed E-state index contributed by atoms with van der Waals surface area (Å²) in [4.78, 5) is 74.4. The first-order chi connectivity index (χ1) is 51.4. The molecule has 6 N–H and O–H groups in total. The van der Waals surface area contributed by atoms with Gasteiger partial charge in [0.25, 0.3) is 17.1 Å². The van der Waals surface area contributed by atoms with E-state index in [4.69, 9.17) is 31.1 Å². The molecule has 664 valence electrons. The molecular weight excluding hydrogens is 1920 g/mol. The summed E-state index contributed by atoms with van der Waals surface area (Å²) in [6.45, 7) is 22.4. The molecule has 0 saturated carbocycles. The van der Waals surface area contributed by atoms with Gasteiger partial charge in [-0.2, -0.15) is 6.42 Å². The van der Waals surface area contributed by atoms with Gasteiger partial charge < -0.3 is 24.1 Å². The number of para-hydroxylation sites is 2. The monoisotopic (exact) mass is 2070 g/mol. The van der Waals surface area contributed by atoms with Crippen LogP contribution in [0.15, 0.2) is 204 Å². The van der Waals surface area contributed by atoms with Crippen molar-refractivity contribution in [1.82, 2.24) is 24.9 Å². The molecular formula is C91H146Br2Cl4LiN11O8Sn2. The van der Waals surface area contributed by atoms with Gasteiger partial charge in [0, 0.05) is 82.6 Å². The minimum atomic E-state index is -2.21. The van der Waals surface area contributed by atoms with Gasteiger partial charge in [0.2, 0.25) is 0 Å². The van der Waals surface area contributed by atoms with Gasteiger partial charge in [0.1, 0.15) is 21.9 Å². The van der Waals surface area contributed by atoms with E-state index in [1.165, 1.54) is 142 Å². The van der Waals surface area contributed by atoms with E-state index in [1.54, 1.807) is 107 Å². The number of aromatic nitrogens is 5. The van der Waals surface area contributed by atoms with Crippen LogP contribution in [-0.2, 0) is 22.4 Å². The molecule has 19 nitrogen and oxygen atoms in total.